The van der Waals surface area contributed by atoms with E-state index < -0.39 is 5.60 Å². The zero-order valence-electron chi connectivity index (χ0n) is 18.3. The van der Waals surface area contributed by atoms with Crippen LogP contribution < -0.4 is 10.1 Å². The highest BCUT2D eigenvalue weighted by atomic mass is 79.9. The first kappa shape index (κ1) is 19.9. The van der Waals surface area contributed by atoms with Crippen LogP contribution in [0.4, 0.5) is 0 Å². The fraction of sp³-hybridized carbons (Fsp3) is 0.640. The number of aromatic hydroxyl groups is 1. The van der Waals surface area contributed by atoms with E-state index in [9.17, 15) is 9.90 Å². The average molecular weight is 501 g/mol. The molecule has 1 aromatic rings. The van der Waals surface area contributed by atoms with E-state index in [4.69, 9.17) is 9.47 Å². The van der Waals surface area contributed by atoms with Crippen LogP contribution in [-0.2, 0) is 21.4 Å². The number of likely N-dealkylation sites (tertiary alicyclic amines) is 1. The van der Waals surface area contributed by atoms with E-state index in [1.807, 2.05) is 0 Å². The molecule has 2 aliphatic heterocycles. The minimum absolute atomic E-state index is 0.0346. The standard InChI is InChI=1S/C25H29BrN2O4/c1-31-25-7-6-23(11-17(25)27-19(30)12-26)18-10-15-4-5-16(29)21-20(15)24(23,22(25)32-21)8-9-28(18)13-14-2-3-14/h4-7,14,17-18,22,29H,2-3,8-13H2,1H3,(H,27,30)/t17-,18+,22+,23+,24-,25+/m0/s1. The van der Waals surface area contributed by atoms with Gasteiger partial charge in [-0.1, -0.05) is 34.1 Å². The van der Waals surface area contributed by atoms with Crippen molar-refractivity contribution in [2.24, 2.45) is 11.3 Å². The van der Waals surface area contributed by atoms with Crippen LogP contribution in [0.25, 0.3) is 0 Å². The van der Waals surface area contributed by atoms with Crippen LogP contribution in [0.1, 0.15) is 36.8 Å². The first-order valence-corrected chi connectivity index (χ1v) is 13.0. The van der Waals surface area contributed by atoms with Gasteiger partial charge in [-0.15, -0.1) is 0 Å². The number of hydrogen-bond acceptors (Lipinski definition) is 5. The van der Waals surface area contributed by atoms with Crippen molar-refractivity contribution in [1.29, 1.82) is 0 Å². The van der Waals surface area contributed by atoms with Crippen LogP contribution in [0.3, 0.4) is 0 Å². The normalized spacial score (nSPS) is 42.5. The Balaban J connectivity index is 1.46. The van der Waals surface area contributed by atoms with Crippen molar-refractivity contribution in [2.45, 2.75) is 61.3 Å². The Bertz CT molecular complexity index is 1060. The molecule has 7 aliphatic rings. The smallest absolute Gasteiger partial charge is 0.230 e. The van der Waals surface area contributed by atoms with Gasteiger partial charge in [0.1, 0.15) is 11.7 Å². The van der Waals surface area contributed by atoms with Gasteiger partial charge in [0.25, 0.3) is 0 Å². The number of rotatable bonds is 5. The number of nitrogens with zero attached hydrogens (tertiary/aromatic N) is 1. The van der Waals surface area contributed by atoms with Crippen molar-refractivity contribution in [3.8, 4) is 11.5 Å². The molecular formula is C25H29BrN2O4. The number of alkyl halides is 1. The molecule has 7 heteroatoms. The van der Waals surface area contributed by atoms with Gasteiger partial charge in [0.05, 0.1) is 16.8 Å². The average Bonchev–Trinajstić information content (AvgIpc) is 3.54. The molecule has 1 amide bonds. The summed E-state index contributed by atoms with van der Waals surface area (Å²) in [5.41, 5.74) is 1.37. The van der Waals surface area contributed by atoms with Crippen LogP contribution in [0.5, 0.6) is 11.5 Å². The molecule has 0 unspecified atom stereocenters. The minimum Gasteiger partial charge on any atom is -0.504 e. The molecule has 5 aliphatic carbocycles. The lowest BCUT2D eigenvalue weighted by Crippen LogP contribution is -2.82. The number of benzene rings is 1. The number of carbonyl (C=O) groups is 1. The molecule has 1 saturated heterocycles. The van der Waals surface area contributed by atoms with Crippen molar-refractivity contribution in [3.63, 3.8) is 0 Å². The van der Waals surface area contributed by atoms with E-state index in [0.717, 1.165) is 38.3 Å². The summed E-state index contributed by atoms with van der Waals surface area (Å²) in [5, 5.41) is 14.3. The summed E-state index contributed by atoms with van der Waals surface area (Å²) in [6.07, 6.45) is 9.78. The molecule has 170 valence electrons. The Morgan fingerprint density at radius 3 is 2.97 bits per heavy atom. The second-order valence-corrected chi connectivity index (χ2v) is 11.3. The number of nitrogens with one attached hydrogen (secondary N) is 1. The van der Waals surface area contributed by atoms with Gasteiger partial charge in [0.2, 0.25) is 5.91 Å². The van der Waals surface area contributed by atoms with Gasteiger partial charge in [0.15, 0.2) is 11.5 Å². The molecule has 8 rings (SSSR count). The molecule has 2 saturated carbocycles. The second-order valence-electron chi connectivity index (χ2n) is 10.7. The number of methoxy groups -OCH3 is 1. The number of halogens is 1. The number of hydrogen-bond donors (Lipinski definition) is 2. The third-order valence-electron chi connectivity index (χ3n) is 9.56. The highest BCUT2D eigenvalue weighted by Crippen LogP contribution is 2.73. The van der Waals surface area contributed by atoms with Crippen molar-refractivity contribution in [1.82, 2.24) is 10.2 Å². The van der Waals surface area contributed by atoms with Crippen molar-refractivity contribution in [2.75, 3.05) is 25.5 Å². The predicted molar refractivity (Wildman–Crippen MR) is 122 cm³/mol. The molecule has 32 heavy (non-hydrogen) atoms. The summed E-state index contributed by atoms with van der Waals surface area (Å²) in [5.74, 6) is 1.65. The molecular weight excluding hydrogens is 472 g/mol. The quantitative estimate of drug-likeness (QED) is 0.480. The zero-order chi connectivity index (χ0) is 21.9. The fourth-order valence-electron chi connectivity index (χ4n) is 8.17. The number of fused-ring (bicyclic) bond motifs is 1. The molecule has 1 aromatic carbocycles. The van der Waals surface area contributed by atoms with Crippen molar-refractivity contribution >= 4 is 21.8 Å². The summed E-state index contributed by atoms with van der Waals surface area (Å²) in [7, 11) is 1.72. The maximum absolute atomic E-state index is 12.5. The topological polar surface area (TPSA) is 71.0 Å². The van der Waals surface area contributed by atoms with E-state index >= 15 is 0 Å². The SMILES string of the molecule is CO[C@]12C=C[C@@]3(C[C@@H]1NC(=O)CBr)[C@H]1Cc4ccc(O)c5c4[C@@]3(CCN1CC1CC1)[C@H]2O5. The largest absolute Gasteiger partial charge is 0.504 e. The van der Waals surface area contributed by atoms with Gasteiger partial charge >= 0.3 is 0 Å². The fourth-order valence-corrected chi connectivity index (χ4v) is 8.34. The van der Waals surface area contributed by atoms with E-state index in [0.29, 0.717) is 11.8 Å². The molecule has 4 bridgehead atoms. The number of phenolic OH excluding ortho intramolecular Hbond substituents is 1. The molecule has 0 radical (unpaired) electrons. The maximum atomic E-state index is 12.5. The molecule has 2 N–H and O–H groups in total. The zero-order valence-corrected chi connectivity index (χ0v) is 19.9. The van der Waals surface area contributed by atoms with Crippen LogP contribution in [0.15, 0.2) is 24.3 Å². The lowest BCUT2D eigenvalue weighted by Gasteiger charge is -2.71. The predicted octanol–water partition coefficient (Wildman–Crippen LogP) is 2.66. The highest BCUT2D eigenvalue weighted by Gasteiger charge is 2.79. The molecule has 3 fully saturated rings. The van der Waals surface area contributed by atoms with Gasteiger partial charge in [-0.05, 0) is 56.2 Å². The van der Waals surface area contributed by atoms with Crippen LogP contribution in [-0.4, -0.2) is 65.2 Å². The molecule has 6 atom stereocenters. The first-order chi connectivity index (χ1) is 15.5. The summed E-state index contributed by atoms with van der Waals surface area (Å²) in [4.78, 5) is 15.2. The van der Waals surface area contributed by atoms with Gasteiger partial charge < -0.3 is 19.9 Å². The Labute approximate surface area is 196 Å². The number of amides is 1. The van der Waals surface area contributed by atoms with E-state index in [2.05, 4.69) is 44.4 Å². The van der Waals surface area contributed by atoms with Gasteiger partial charge in [0, 0.05) is 30.7 Å². The Kier molecular flexibility index (Phi) is 3.91. The summed E-state index contributed by atoms with van der Waals surface area (Å²) < 4.78 is 13.0. The summed E-state index contributed by atoms with van der Waals surface area (Å²) in [6, 6.07) is 4.08. The Morgan fingerprint density at radius 2 is 2.22 bits per heavy atom. The molecule has 6 nitrogen and oxygen atoms in total. The Hall–Kier alpha value is -1.57. The molecule has 2 spiro atoms. The van der Waals surface area contributed by atoms with Gasteiger partial charge in [-0.25, -0.2) is 0 Å². The van der Waals surface area contributed by atoms with E-state index in [-0.39, 0.29) is 40.0 Å². The summed E-state index contributed by atoms with van der Waals surface area (Å²) >= 11 is 3.31. The van der Waals surface area contributed by atoms with E-state index in [1.54, 1.807) is 13.2 Å². The third-order valence-corrected chi connectivity index (χ3v) is 10.1. The number of carbonyl (C=O) groups excluding carboxylic acids is 1. The minimum atomic E-state index is -0.761. The third kappa shape index (κ3) is 2.12. The number of ether oxygens (including phenoxy) is 2. The Morgan fingerprint density at radius 1 is 1.38 bits per heavy atom. The summed E-state index contributed by atoms with van der Waals surface area (Å²) in [6.45, 7) is 2.21. The second kappa shape index (κ2) is 6.30. The number of phenols is 1. The van der Waals surface area contributed by atoms with Crippen molar-refractivity contribution in [3.05, 3.63) is 35.4 Å². The lowest BCUT2D eigenvalue weighted by atomic mass is 9.38. The van der Waals surface area contributed by atoms with Gasteiger partial charge in [-0.2, -0.15) is 0 Å². The van der Waals surface area contributed by atoms with Crippen LogP contribution in [0, 0.1) is 11.3 Å². The molecule has 2 heterocycles. The van der Waals surface area contributed by atoms with Crippen LogP contribution in [0.2, 0.25) is 0 Å². The van der Waals surface area contributed by atoms with E-state index in [1.165, 1.54) is 24.0 Å². The monoisotopic (exact) mass is 500 g/mol. The number of piperidine rings is 1. The maximum Gasteiger partial charge on any atom is 0.230 e. The van der Waals surface area contributed by atoms with Crippen molar-refractivity contribution < 1.29 is 19.4 Å². The first-order valence-electron chi connectivity index (χ1n) is 11.9. The molecule has 0 aromatic heterocycles. The van der Waals surface area contributed by atoms with Gasteiger partial charge in [-0.3, -0.25) is 9.69 Å². The van der Waals surface area contributed by atoms with Crippen LogP contribution >= 0.6 is 15.9 Å². The lowest BCUT2D eigenvalue weighted by molar-refractivity contribution is -0.203. The highest BCUT2D eigenvalue weighted by molar-refractivity contribution is 9.09.